The topological polar surface area (TPSA) is 79.3 Å². The van der Waals surface area contributed by atoms with Crippen LogP contribution in [0.25, 0.3) is 11.4 Å². The van der Waals surface area contributed by atoms with Crippen LogP contribution in [-0.4, -0.2) is 52.9 Å². The van der Waals surface area contributed by atoms with E-state index in [1.165, 1.54) is 0 Å². The van der Waals surface area contributed by atoms with Gasteiger partial charge in [-0.05, 0) is 36.9 Å². The highest BCUT2D eigenvalue weighted by Gasteiger charge is 2.34. The van der Waals surface area contributed by atoms with E-state index >= 15 is 0 Å². The van der Waals surface area contributed by atoms with E-state index < -0.39 is 11.5 Å². The Balaban J connectivity index is 2.01. The average Bonchev–Trinajstić information content (AvgIpc) is 3.22. The van der Waals surface area contributed by atoms with Gasteiger partial charge in [-0.25, -0.2) is 4.98 Å². The Hall–Kier alpha value is -2.19. The van der Waals surface area contributed by atoms with Crippen molar-refractivity contribution in [2.24, 2.45) is 5.41 Å². The van der Waals surface area contributed by atoms with Crippen molar-refractivity contribution in [1.82, 2.24) is 25.1 Å². The van der Waals surface area contributed by atoms with Gasteiger partial charge in [0.25, 0.3) is 5.91 Å². The number of rotatable bonds is 4. The molecule has 0 aliphatic carbocycles. The van der Waals surface area contributed by atoms with Crippen molar-refractivity contribution >= 4 is 23.2 Å². The molecule has 1 unspecified atom stereocenters. The zero-order valence-corrected chi connectivity index (χ0v) is 18.0. The number of nitrogens with zero attached hydrogens (tertiary/aromatic N) is 3. The molecule has 2 aromatic heterocycles. The normalized spacial score (nSPS) is 16.2. The average molecular weight is 404 g/mol. The summed E-state index contributed by atoms with van der Waals surface area (Å²) in [6.45, 7) is 8.25. The van der Waals surface area contributed by atoms with Crippen molar-refractivity contribution in [1.29, 1.82) is 0 Å². The van der Waals surface area contributed by atoms with Crippen LogP contribution in [0.2, 0.25) is 0 Å². The molecule has 2 aromatic rings. The number of imidazole rings is 1. The van der Waals surface area contributed by atoms with Crippen molar-refractivity contribution in [3.8, 4) is 11.4 Å². The van der Waals surface area contributed by atoms with Crippen LogP contribution in [0.1, 0.15) is 43.4 Å². The smallest absolute Gasteiger partial charge is 0.272 e. The first kappa shape index (κ1) is 20.5. The molecule has 8 heteroatoms. The first-order valence-electron chi connectivity index (χ1n) is 9.55. The van der Waals surface area contributed by atoms with Gasteiger partial charge in [0.15, 0.2) is 5.69 Å². The molecule has 2 N–H and O–H groups in total. The highest BCUT2D eigenvalue weighted by atomic mass is 32.1. The molecule has 28 heavy (non-hydrogen) atoms. The molecule has 1 aliphatic heterocycles. The van der Waals surface area contributed by atoms with Gasteiger partial charge in [0, 0.05) is 31.1 Å². The minimum Gasteiger partial charge on any atom is -0.357 e. The lowest BCUT2D eigenvalue weighted by molar-refractivity contribution is -0.124. The lowest BCUT2D eigenvalue weighted by atomic mass is 9.86. The van der Waals surface area contributed by atoms with Gasteiger partial charge in [-0.15, -0.1) is 0 Å². The first-order valence-corrected chi connectivity index (χ1v) is 10.5. The number of thiophene rings is 1. The third kappa shape index (κ3) is 4.12. The molecule has 7 nitrogen and oxygen atoms in total. The molecule has 3 rings (SSSR count). The summed E-state index contributed by atoms with van der Waals surface area (Å²) in [7, 11) is 3.64. The second-order valence-corrected chi connectivity index (χ2v) is 9.15. The van der Waals surface area contributed by atoms with E-state index in [0.717, 1.165) is 36.6 Å². The zero-order valence-electron chi connectivity index (χ0n) is 17.2. The number of amides is 2. The minimum absolute atomic E-state index is 0.207. The molecule has 0 saturated carbocycles. The molecule has 0 saturated heterocycles. The van der Waals surface area contributed by atoms with Crippen molar-refractivity contribution in [3.63, 3.8) is 0 Å². The fourth-order valence-corrected chi connectivity index (χ4v) is 4.17. The number of nitrogens with one attached hydrogen (secondary N) is 2. The van der Waals surface area contributed by atoms with Crippen LogP contribution in [0.15, 0.2) is 16.8 Å². The Labute approximate surface area is 170 Å². The summed E-state index contributed by atoms with van der Waals surface area (Å²) in [5.74, 6) is 0.314. The second-order valence-electron chi connectivity index (χ2n) is 8.37. The maximum Gasteiger partial charge on any atom is 0.272 e. The van der Waals surface area contributed by atoms with E-state index in [4.69, 9.17) is 4.98 Å². The predicted octanol–water partition coefficient (Wildman–Crippen LogP) is 2.34. The largest absolute Gasteiger partial charge is 0.357 e. The summed E-state index contributed by atoms with van der Waals surface area (Å²) in [5, 5.41) is 9.64. The van der Waals surface area contributed by atoms with Gasteiger partial charge in [0.1, 0.15) is 11.9 Å². The second kappa shape index (κ2) is 8.05. The van der Waals surface area contributed by atoms with Gasteiger partial charge < -0.3 is 20.1 Å². The molecule has 0 radical (unpaired) electrons. The summed E-state index contributed by atoms with van der Waals surface area (Å²) < 4.78 is 2.16. The predicted molar refractivity (Wildman–Crippen MR) is 111 cm³/mol. The Morgan fingerprint density at radius 1 is 1.29 bits per heavy atom. The number of likely N-dealkylation sites (N-methyl/N-ethyl adjacent to an activating group) is 1. The highest BCUT2D eigenvalue weighted by molar-refractivity contribution is 7.08. The monoisotopic (exact) mass is 403 g/mol. The lowest BCUT2D eigenvalue weighted by Gasteiger charge is -2.29. The molecular formula is C20H29N5O2S. The van der Waals surface area contributed by atoms with Crippen molar-refractivity contribution in [3.05, 3.63) is 28.2 Å². The van der Waals surface area contributed by atoms with Crippen molar-refractivity contribution in [2.45, 2.75) is 46.3 Å². The SMILES string of the molecule is CNC(=O)C(NC(=O)c1nc(-c2ccsc2)n2c1CN(C)CCC2)C(C)(C)C. The number of carbonyl (C=O) groups is 2. The zero-order chi connectivity index (χ0) is 20.5. The van der Waals surface area contributed by atoms with Gasteiger partial charge in [-0.1, -0.05) is 20.8 Å². The fraction of sp³-hybridized carbons (Fsp3) is 0.550. The number of hydrogen-bond donors (Lipinski definition) is 2. The summed E-state index contributed by atoms with van der Waals surface area (Å²) in [4.78, 5) is 32.5. The molecule has 0 bridgehead atoms. The Bertz CT molecular complexity index is 851. The maximum absolute atomic E-state index is 13.2. The molecule has 1 aliphatic rings. The Morgan fingerprint density at radius 2 is 2.04 bits per heavy atom. The third-order valence-electron chi connectivity index (χ3n) is 5.06. The van der Waals surface area contributed by atoms with Crippen LogP contribution >= 0.6 is 11.3 Å². The van der Waals surface area contributed by atoms with E-state index in [2.05, 4.69) is 27.1 Å². The highest BCUT2D eigenvalue weighted by Crippen LogP contribution is 2.28. The van der Waals surface area contributed by atoms with Crippen LogP contribution in [-0.2, 0) is 17.9 Å². The van der Waals surface area contributed by atoms with Crippen LogP contribution in [0.4, 0.5) is 0 Å². The first-order chi connectivity index (χ1) is 13.2. The molecular weight excluding hydrogens is 374 g/mol. The lowest BCUT2D eigenvalue weighted by Crippen LogP contribution is -2.53. The molecule has 0 fully saturated rings. The quantitative estimate of drug-likeness (QED) is 0.821. The van der Waals surface area contributed by atoms with Gasteiger partial charge in [-0.3, -0.25) is 9.59 Å². The minimum atomic E-state index is -0.643. The fourth-order valence-electron chi connectivity index (χ4n) is 3.53. The van der Waals surface area contributed by atoms with Gasteiger partial charge >= 0.3 is 0 Å². The Morgan fingerprint density at radius 3 is 2.64 bits per heavy atom. The maximum atomic E-state index is 13.2. The molecule has 0 aromatic carbocycles. The summed E-state index contributed by atoms with van der Waals surface area (Å²) in [6.07, 6.45) is 1.00. The molecule has 3 heterocycles. The number of aromatic nitrogens is 2. The number of fused-ring (bicyclic) bond motifs is 1. The summed E-state index contributed by atoms with van der Waals surface area (Å²) in [5.41, 5.74) is 1.92. The van der Waals surface area contributed by atoms with Crippen molar-refractivity contribution in [2.75, 3.05) is 20.6 Å². The molecule has 0 spiro atoms. The van der Waals surface area contributed by atoms with Crippen LogP contribution < -0.4 is 10.6 Å². The van der Waals surface area contributed by atoms with Crippen LogP contribution in [0.3, 0.4) is 0 Å². The summed E-state index contributed by atoms with van der Waals surface area (Å²) >= 11 is 1.61. The van der Waals surface area contributed by atoms with Gasteiger partial charge in [-0.2, -0.15) is 11.3 Å². The van der Waals surface area contributed by atoms with Gasteiger partial charge in [0.2, 0.25) is 5.91 Å². The molecule has 152 valence electrons. The van der Waals surface area contributed by atoms with Crippen LogP contribution in [0, 0.1) is 5.41 Å². The van der Waals surface area contributed by atoms with E-state index in [-0.39, 0.29) is 11.8 Å². The van der Waals surface area contributed by atoms with E-state index in [1.807, 2.05) is 37.6 Å². The number of carbonyl (C=O) groups excluding carboxylic acids is 2. The van der Waals surface area contributed by atoms with Crippen LogP contribution in [0.5, 0.6) is 0 Å². The van der Waals surface area contributed by atoms with E-state index in [9.17, 15) is 9.59 Å². The van der Waals surface area contributed by atoms with E-state index in [1.54, 1.807) is 18.4 Å². The van der Waals surface area contributed by atoms with E-state index in [0.29, 0.717) is 12.2 Å². The standard InChI is InChI=1S/C20H29N5O2S/c1-20(2,3)16(19(27)21-4)23-18(26)15-14-11-24(5)8-6-9-25(14)17(22-15)13-7-10-28-12-13/h7,10,12,16H,6,8-9,11H2,1-5H3,(H,21,27)(H,23,26). The summed E-state index contributed by atoms with van der Waals surface area (Å²) in [6, 6.07) is 1.38. The Kier molecular flexibility index (Phi) is 5.90. The van der Waals surface area contributed by atoms with Gasteiger partial charge in [0.05, 0.1) is 5.69 Å². The number of hydrogen-bond acceptors (Lipinski definition) is 5. The third-order valence-corrected chi connectivity index (χ3v) is 5.74. The van der Waals surface area contributed by atoms with Crippen molar-refractivity contribution < 1.29 is 9.59 Å². The molecule has 1 atom stereocenters. The molecule has 2 amide bonds.